The first kappa shape index (κ1) is 15.2. The second-order valence-corrected chi connectivity index (χ2v) is 5.19. The van der Waals surface area contributed by atoms with Crippen LogP contribution in [-0.4, -0.2) is 19.4 Å². The number of hydrogen-bond acceptors (Lipinski definition) is 3. The van der Waals surface area contributed by atoms with Gasteiger partial charge in [0.05, 0.1) is 7.11 Å². The average molecular weight is 314 g/mol. The topological polar surface area (TPSA) is 52.3 Å². The second kappa shape index (κ2) is 8.27. The van der Waals surface area contributed by atoms with Crippen LogP contribution in [0.2, 0.25) is 0 Å². The van der Waals surface area contributed by atoms with Crippen LogP contribution in [0.25, 0.3) is 0 Å². The lowest BCUT2D eigenvalue weighted by atomic mass is 10.0. The fourth-order valence-electron chi connectivity index (χ4n) is 1.83. The molecular formula is C14H20BrNO2. The zero-order valence-corrected chi connectivity index (χ0v) is 12.3. The Bertz CT molecular complexity index is 393. The van der Waals surface area contributed by atoms with Crippen molar-refractivity contribution in [2.24, 2.45) is 5.73 Å². The molecule has 0 radical (unpaired) electrons. The minimum atomic E-state index is 0.253. The summed E-state index contributed by atoms with van der Waals surface area (Å²) in [6.07, 6.45) is 4.00. The summed E-state index contributed by atoms with van der Waals surface area (Å²) in [5, 5.41) is 0. The van der Waals surface area contributed by atoms with Crippen molar-refractivity contribution in [2.45, 2.75) is 32.1 Å². The van der Waals surface area contributed by atoms with E-state index in [1.54, 1.807) is 7.11 Å². The average Bonchev–Trinajstić information content (AvgIpc) is 2.35. The van der Waals surface area contributed by atoms with Crippen LogP contribution in [-0.2, 0) is 11.2 Å². The van der Waals surface area contributed by atoms with E-state index in [-0.39, 0.29) is 5.78 Å². The smallest absolute Gasteiger partial charge is 0.137 e. The number of ether oxygens (including phenoxy) is 1. The van der Waals surface area contributed by atoms with E-state index in [0.717, 1.165) is 35.0 Å². The van der Waals surface area contributed by atoms with Crippen LogP contribution in [0.3, 0.4) is 0 Å². The molecule has 0 aliphatic carbocycles. The normalized spacial score (nSPS) is 10.4. The number of Topliss-reactive ketones (excluding diaryl/α,β-unsaturated/α-hetero) is 1. The summed E-state index contributed by atoms with van der Waals surface area (Å²) in [5.74, 6) is 1.02. The number of halogens is 1. The molecule has 0 spiro atoms. The quantitative estimate of drug-likeness (QED) is 0.750. The van der Waals surface area contributed by atoms with Gasteiger partial charge in [-0.15, -0.1) is 0 Å². The highest BCUT2D eigenvalue weighted by Crippen LogP contribution is 2.24. The molecule has 0 unspecified atom stereocenters. The van der Waals surface area contributed by atoms with Gasteiger partial charge in [-0.2, -0.15) is 0 Å². The molecule has 0 fully saturated rings. The standard InChI is InChI=1S/C14H20BrNO2/c1-18-14-7-6-12(15)9-11(14)10-13(17)5-3-2-4-8-16/h6-7,9H,2-5,8,10,16H2,1H3. The van der Waals surface area contributed by atoms with E-state index in [0.29, 0.717) is 19.4 Å². The molecule has 4 heteroatoms. The zero-order chi connectivity index (χ0) is 13.4. The Balaban J connectivity index is 2.50. The Kier molecular flexibility index (Phi) is 6.98. The molecule has 0 amide bonds. The fourth-order valence-corrected chi connectivity index (χ4v) is 2.24. The number of carbonyl (C=O) groups is 1. The minimum absolute atomic E-state index is 0.253. The Labute approximate surface area is 117 Å². The van der Waals surface area contributed by atoms with Crippen molar-refractivity contribution in [3.63, 3.8) is 0 Å². The molecule has 1 aromatic carbocycles. The van der Waals surface area contributed by atoms with Gasteiger partial charge >= 0.3 is 0 Å². The number of benzene rings is 1. The van der Waals surface area contributed by atoms with E-state index in [2.05, 4.69) is 15.9 Å². The van der Waals surface area contributed by atoms with Gasteiger partial charge < -0.3 is 10.5 Å². The van der Waals surface area contributed by atoms with Gasteiger partial charge in [-0.3, -0.25) is 4.79 Å². The SMILES string of the molecule is COc1ccc(Br)cc1CC(=O)CCCCCN. The minimum Gasteiger partial charge on any atom is -0.496 e. The van der Waals surface area contributed by atoms with Gasteiger partial charge in [0.2, 0.25) is 0 Å². The maximum absolute atomic E-state index is 11.9. The van der Waals surface area contributed by atoms with E-state index in [9.17, 15) is 4.79 Å². The van der Waals surface area contributed by atoms with E-state index < -0.39 is 0 Å². The van der Waals surface area contributed by atoms with Crippen LogP contribution < -0.4 is 10.5 Å². The number of methoxy groups -OCH3 is 1. The van der Waals surface area contributed by atoms with Crippen LogP contribution in [0, 0.1) is 0 Å². The van der Waals surface area contributed by atoms with Gasteiger partial charge in [0.1, 0.15) is 11.5 Å². The van der Waals surface area contributed by atoms with Crippen LogP contribution in [0.5, 0.6) is 5.75 Å². The molecular weight excluding hydrogens is 294 g/mol. The van der Waals surface area contributed by atoms with Crippen molar-refractivity contribution in [3.05, 3.63) is 28.2 Å². The van der Waals surface area contributed by atoms with Crippen molar-refractivity contribution >= 4 is 21.7 Å². The predicted octanol–water partition coefficient (Wildman–Crippen LogP) is 3.09. The van der Waals surface area contributed by atoms with Crippen molar-refractivity contribution < 1.29 is 9.53 Å². The van der Waals surface area contributed by atoms with Crippen molar-refractivity contribution in [1.82, 2.24) is 0 Å². The zero-order valence-electron chi connectivity index (χ0n) is 10.7. The molecule has 0 saturated heterocycles. The van der Waals surface area contributed by atoms with Gasteiger partial charge in [-0.1, -0.05) is 22.4 Å². The molecule has 0 saturated carbocycles. The maximum Gasteiger partial charge on any atom is 0.137 e. The molecule has 3 nitrogen and oxygen atoms in total. The third-order valence-electron chi connectivity index (χ3n) is 2.79. The fraction of sp³-hybridized carbons (Fsp3) is 0.500. The van der Waals surface area contributed by atoms with Gasteiger partial charge in [-0.25, -0.2) is 0 Å². The van der Waals surface area contributed by atoms with Crippen molar-refractivity contribution in [2.75, 3.05) is 13.7 Å². The first-order chi connectivity index (χ1) is 8.67. The van der Waals surface area contributed by atoms with E-state index in [4.69, 9.17) is 10.5 Å². The summed E-state index contributed by atoms with van der Waals surface area (Å²) >= 11 is 3.41. The number of hydrogen-bond donors (Lipinski definition) is 1. The third kappa shape index (κ3) is 5.19. The Morgan fingerprint density at radius 1 is 1.33 bits per heavy atom. The van der Waals surface area contributed by atoms with Crippen LogP contribution in [0.15, 0.2) is 22.7 Å². The molecule has 18 heavy (non-hydrogen) atoms. The van der Waals surface area contributed by atoms with E-state index >= 15 is 0 Å². The van der Waals surface area contributed by atoms with Gasteiger partial charge in [0, 0.05) is 22.9 Å². The van der Waals surface area contributed by atoms with Gasteiger partial charge in [0.25, 0.3) is 0 Å². The summed E-state index contributed by atoms with van der Waals surface area (Å²) < 4.78 is 6.22. The Hall–Kier alpha value is -0.870. The highest BCUT2D eigenvalue weighted by atomic mass is 79.9. The molecule has 0 bridgehead atoms. The molecule has 0 aliphatic heterocycles. The number of rotatable bonds is 8. The number of unbranched alkanes of at least 4 members (excludes halogenated alkanes) is 2. The number of ketones is 1. The number of carbonyl (C=O) groups excluding carboxylic acids is 1. The highest BCUT2D eigenvalue weighted by Gasteiger charge is 2.09. The van der Waals surface area contributed by atoms with Gasteiger partial charge in [-0.05, 0) is 37.6 Å². The van der Waals surface area contributed by atoms with Crippen molar-refractivity contribution in [1.29, 1.82) is 0 Å². The van der Waals surface area contributed by atoms with Crippen LogP contribution >= 0.6 is 15.9 Å². The maximum atomic E-state index is 11.9. The molecule has 2 N–H and O–H groups in total. The summed E-state index contributed by atoms with van der Waals surface area (Å²) in [6, 6.07) is 5.73. The molecule has 0 atom stereocenters. The Morgan fingerprint density at radius 3 is 2.78 bits per heavy atom. The van der Waals surface area contributed by atoms with Crippen LogP contribution in [0.1, 0.15) is 31.2 Å². The number of nitrogens with two attached hydrogens (primary N) is 1. The van der Waals surface area contributed by atoms with E-state index in [1.165, 1.54) is 0 Å². The van der Waals surface area contributed by atoms with E-state index in [1.807, 2.05) is 18.2 Å². The Morgan fingerprint density at radius 2 is 2.11 bits per heavy atom. The third-order valence-corrected chi connectivity index (χ3v) is 3.28. The van der Waals surface area contributed by atoms with Crippen molar-refractivity contribution in [3.8, 4) is 5.75 Å². The lowest BCUT2D eigenvalue weighted by molar-refractivity contribution is -0.118. The largest absolute Gasteiger partial charge is 0.496 e. The summed E-state index contributed by atoms with van der Waals surface area (Å²) in [5.41, 5.74) is 6.36. The lowest BCUT2D eigenvalue weighted by Gasteiger charge is -2.08. The summed E-state index contributed by atoms with van der Waals surface area (Å²) in [7, 11) is 1.62. The monoisotopic (exact) mass is 313 g/mol. The molecule has 1 aromatic rings. The summed E-state index contributed by atoms with van der Waals surface area (Å²) in [4.78, 5) is 11.9. The first-order valence-corrected chi connectivity index (χ1v) is 7.01. The molecule has 1 rings (SSSR count). The van der Waals surface area contributed by atoms with Crippen LogP contribution in [0.4, 0.5) is 0 Å². The predicted molar refractivity (Wildman–Crippen MR) is 76.9 cm³/mol. The lowest BCUT2D eigenvalue weighted by Crippen LogP contribution is -2.05. The molecule has 100 valence electrons. The molecule has 0 aromatic heterocycles. The second-order valence-electron chi connectivity index (χ2n) is 4.27. The summed E-state index contributed by atoms with van der Waals surface area (Å²) in [6.45, 7) is 0.702. The first-order valence-electron chi connectivity index (χ1n) is 6.21. The molecule has 0 aliphatic rings. The van der Waals surface area contributed by atoms with Gasteiger partial charge in [0.15, 0.2) is 0 Å². The highest BCUT2D eigenvalue weighted by molar-refractivity contribution is 9.10. The molecule has 0 heterocycles.